The van der Waals surface area contributed by atoms with Gasteiger partial charge in [-0.15, -0.1) is 0 Å². The molecule has 0 aromatic heterocycles. The normalized spacial score (nSPS) is 10.5. The molecule has 0 saturated carbocycles. The molecule has 0 bridgehead atoms. The molecule has 0 radical (unpaired) electrons. The Morgan fingerprint density at radius 3 is 2.53 bits per heavy atom. The van der Waals surface area contributed by atoms with E-state index in [-0.39, 0.29) is 0 Å². The van der Waals surface area contributed by atoms with Gasteiger partial charge in [-0.05, 0) is 68.8 Å². The van der Waals surface area contributed by atoms with Gasteiger partial charge in [0.15, 0.2) is 0 Å². The van der Waals surface area contributed by atoms with Gasteiger partial charge in [0, 0.05) is 12.5 Å². The maximum atomic E-state index is 10.9. The first-order chi connectivity index (χ1) is 7.09. The number of carboxylic acid groups (broad SMARTS) is 1. The maximum Gasteiger partial charge on any atom is 0.335 e. The van der Waals surface area contributed by atoms with E-state index in [9.17, 15) is 4.79 Å². The highest BCUT2D eigenvalue weighted by Crippen LogP contribution is 2.27. The molecule has 0 aliphatic heterocycles. The lowest BCUT2D eigenvalue weighted by Crippen LogP contribution is -1.97. The quantitative estimate of drug-likeness (QED) is 0.709. The largest absolute Gasteiger partial charge is 0.478 e. The zero-order valence-electron chi connectivity index (χ0n) is 7.50. The molecule has 2 aromatic rings. The van der Waals surface area contributed by atoms with Gasteiger partial charge in [0.1, 0.15) is 0 Å². The Morgan fingerprint density at radius 2 is 1.87 bits per heavy atom. The predicted octanol–water partition coefficient (Wildman–Crippen LogP) is 3.75. The minimum absolute atomic E-state index is 0.342. The van der Waals surface area contributed by atoms with Crippen molar-refractivity contribution in [2.75, 3.05) is 0 Å². The number of halogens is 2. The molecule has 4 heteroatoms. The molecule has 2 aromatic carbocycles. The van der Waals surface area contributed by atoms with Gasteiger partial charge in [0.25, 0.3) is 0 Å². The van der Waals surface area contributed by atoms with E-state index < -0.39 is 5.97 Å². The van der Waals surface area contributed by atoms with E-state index in [1.165, 1.54) is 0 Å². The van der Waals surface area contributed by atoms with Crippen LogP contribution in [0.1, 0.15) is 10.4 Å². The average molecular weight is 424 g/mol. The smallest absolute Gasteiger partial charge is 0.335 e. The standard InChI is InChI=1S/C11H6I2O2/c12-8-3-1-2-6-4-7(11(14)15)5-9(13)10(6)8/h1-5H,(H,14,15). The van der Waals surface area contributed by atoms with E-state index in [0.29, 0.717) is 5.56 Å². The highest BCUT2D eigenvalue weighted by atomic mass is 127. The van der Waals surface area contributed by atoms with Crippen molar-refractivity contribution >= 4 is 61.9 Å². The topological polar surface area (TPSA) is 37.3 Å². The first kappa shape index (κ1) is 11.1. The maximum absolute atomic E-state index is 10.9. The second-order valence-corrected chi connectivity index (χ2v) is 5.43. The lowest BCUT2D eigenvalue weighted by molar-refractivity contribution is 0.0697. The summed E-state index contributed by atoms with van der Waals surface area (Å²) in [7, 11) is 0. The fourth-order valence-electron chi connectivity index (χ4n) is 1.45. The first-order valence-electron chi connectivity index (χ1n) is 4.20. The minimum Gasteiger partial charge on any atom is -0.478 e. The number of hydrogen-bond donors (Lipinski definition) is 1. The molecular formula is C11H6I2O2. The van der Waals surface area contributed by atoms with Gasteiger partial charge in [-0.2, -0.15) is 0 Å². The predicted molar refractivity (Wildman–Crippen MR) is 76.3 cm³/mol. The van der Waals surface area contributed by atoms with E-state index in [0.717, 1.165) is 17.9 Å². The molecule has 0 spiro atoms. The van der Waals surface area contributed by atoms with Crippen LogP contribution in [0, 0.1) is 7.14 Å². The van der Waals surface area contributed by atoms with Gasteiger partial charge in [-0.1, -0.05) is 12.1 Å². The van der Waals surface area contributed by atoms with Crippen molar-refractivity contribution in [1.82, 2.24) is 0 Å². The number of benzene rings is 2. The summed E-state index contributed by atoms with van der Waals surface area (Å²) in [5.41, 5.74) is 0.342. The van der Waals surface area contributed by atoms with Gasteiger partial charge < -0.3 is 5.11 Å². The van der Waals surface area contributed by atoms with Crippen LogP contribution in [0.15, 0.2) is 30.3 Å². The van der Waals surface area contributed by atoms with Gasteiger partial charge >= 0.3 is 5.97 Å². The van der Waals surface area contributed by atoms with Gasteiger partial charge in [-0.3, -0.25) is 0 Å². The molecular weight excluding hydrogens is 418 g/mol. The van der Waals surface area contributed by atoms with Gasteiger partial charge in [-0.25, -0.2) is 4.79 Å². The molecule has 0 aliphatic rings. The fraction of sp³-hybridized carbons (Fsp3) is 0. The number of carbonyl (C=O) groups is 1. The molecule has 0 saturated heterocycles. The van der Waals surface area contributed by atoms with Gasteiger partial charge in [0.2, 0.25) is 0 Å². The number of fused-ring (bicyclic) bond motifs is 1. The van der Waals surface area contributed by atoms with Crippen molar-refractivity contribution in [2.24, 2.45) is 0 Å². The third-order valence-corrected chi connectivity index (χ3v) is 3.87. The molecule has 0 atom stereocenters. The van der Waals surface area contributed by atoms with E-state index in [1.807, 2.05) is 18.2 Å². The van der Waals surface area contributed by atoms with E-state index in [4.69, 9.17) is 5.11 Å². The van der Waals surface area contributed by atoms with Crippen LogP contribution in [-0.2, 0) is 0 Å². The zero-order chi connectivity index (χ0) is 11.0. The van der Waals surface area contributed by atoms with Crippen LogP contribution in [0.4, 0.5) is 0 Å². The third kappa shape index (κ3) is 2.10. The highest BCUT2D eigenvalue weighted by molar-refractivity contribution is 14.1. The molecule has 76 valence electrons. The summed E-state index contributed by atoms with van der Waals surface area (Å²) in [6, 6.07) is 9.30. The van der Waals surface area contributed by atoms with Crippen LogP contribution >= 0.6 is 45.2 Å². The van der Waals surface area contributed by atoms with E-state index >= 15 is 0 Å². The monoisotopic (exact) mass is 424 g/mol. The molecule has 0 fully saturated rings. The second-order valence-electron chi connectivity index (χ2n) is 3.10. The summed E-state index contributed by atoms with van der Waals surface area (Å²) in [5.74, 6) is -0.881. The Hall–Kier alpha value is -0.370. The van der Waals surface area contributed by atoms with Crippen LogP contribution in [-0.4, -0.2) is 11.1 Å². The lowest BCUT2D eigenvalue weighted by atomic mass is 10.1. The van der Waals surface area contributed by atoms with Crippen LogP contribution < -0.4 is 0 Å². The van der Waals surface area contributed by atoms with Crippen molar-refractivity contribution in [2.45, 2.75) is 0 Å². The SMILES string of the molecule is O=C(O)c1cc(I)c2c(I)cccc2c1. The van der Waals surface area contributed by atoms with Crippen molar-refractivity contribution < 1.29 is 9.90 Å². The van der Waals surface area contributed by atoms with Crippen LogP contribution in [0.5, 0.6) is 0 Å². The first-order valence-corrected chi connectivity index (χ1v) is 6.36. The Morgan fingerprint density at radius 1 is 1.13 bits per heavy atom. The highest BCUT2D eigenvalue weighted by Gasteiger charge is 2.08. The Balaban J connectivity index is 2.84. The number of hydrogen-bond acceptors (Lipinski definition) is 1. The molecule has 2 rings (SSSR count). The molecule has 0 heterocycles. The van der Waals surface area contributed by atoms with Crippen molar-refractivity contribution in [3.63, 3.8) is 0 Å². The number of rotatable bonds is 1. The summed E-state index contributed by atoms with van der Waals surface area (Å²) in [5, 5.41) is 11.0. The third-order valence-electron chi connectivity index (χ3n) is 2.12. The fourth-order valence-corrected chi connectivity index (χ4v) is 3.72. The number of carboxylic acids is 1. The molecule has 0 amide bonds. The molecule has 0 unspecified atom stereocenters. The van der Waals surface area contributed by atoms with E-state index in [1.54, 1.807) is 12.1 Å². The Labute approximate surface area is 114 Å². The van der Waals surface area contributed by atoms with E-state index in [2.05, 4.69) is 45.2 Å². The minimum atomic E-state index is -0.881. The van der Waals surface area contributed by atoms with Crippen molar-refractivity contribution in [1.29, 1.82) is 0 Å². The molecule has 15 heavy (non-hydrogen) atoms. The van der Waals surface area contributed by atoms with Gasteiger partial charge in [0.05, 0.1) is 5.56 Å². The van der Waals surface area contributed by atoms with Crippen molar-refractivity contribution in [3.05, 3.63) is 43.0 Å². The summed E-state index contributed by atoms with van der Waals surface area (Å²) in [6.45, 7) is 0. The average Bonchev–Trinajstić information content (AvgIpc) is 2.17. The molecule has 2 nitrogen and oxygen atoms in total. The Kier molecular flexibility index (Phi) is 3.15. The zero-order valence-corrected chi connectivity index (χ0v) is 11.8. The molecule has 1 N–H and O–H groups in total. The lowest BCUT2D eigenvalue weighted by Gasteiger charge is -2.05. The summed E-state index contributed by atoms with van der Waals surface area (Å²) in [4.78, 5) is 10.9. The molecule has 0 aliphatic carbocycles. The van der Waals surface area contributed by atoms with Crippen molar-refractivity contribution in [3.8, 4) is 0 Å². The second kappa shape index (κ2) is 4.25. The van der Waals surface area contributed by atoms with Crippen LogP contribution in [0.3, 0.4) is 0 Å². The van der Waals surface area contributed by atoms with Crippen LogP contribution in [0.2, 0.25) is 0 Å². The van der Waals surface area contributed by atoms with Crippen LogP contribution in [0.25, 0.3) is 10.8 Å². The summed E-state index contributed by atoms with van der Waals surface area (Å²) < 4.78 is 2.12. The summed E-state index contributed by atoms with van der Waals surface area (Å²) in [6.07, 6.45) is 0. The summed E-state index contributed by atoms with van der Waals surface area (Å²) >= 11 is 4.44. The Bertz CT molecular complexity index is 550. The number of aromatic carboxylic acids is 1.